The van der Waals surface area contributed by atoms with Crippen LogP contribution in [0.15, 0.2) is 53.5 Å². The molecule has 2 aromatic carbocycles. The number of hydrogen-bond acceptors (Lipinski definition) is 5. The summed E-state index contributed by atoms with van der Waals surface area (Å²) in [5.74, 6) is 0.539. The second-order valence-electron chi connectivity index (χ2n) is 5.85. The minimum absolute atomic E-state index is 0.123. The molecular formula is C18H20ClN3O3. The summed E-state index contributed by atoms with van der Waals surface area (Å²) in [6.45, 7) is 1.20. The Morgan fingerprint density at radius 1 is 1.20 bits per heavy atom. The Balaban J connectivity index is 1.40. The Morgan fingerprint density at radius 2 is 1.96 bits per heavy atom. The van der Waals surface area contributed by atoms with Gasteiger partial charge in [-0.15, -0.1) is 0 Å². The van der Waals surface area contributed by atoms with Crippen LogP contribution in [0.4, 0.5) is 11.4 Å². The van der Waals surface area contributed by atoms with Gasteiger partial charge in [-0.1, -0.05) is 35.9 Å². The van der Waals surface area contributed by atoms with Gasteiger partial charge in [0.15, 0.2) is 12.0 Å². The molecule has 7 heteroatoms. The zero-order chi connectivity index (χ0) is 17.7. The summed E-state index contributed by atoms with van der Waals surface area (Å²) in [6, 6.07) is 14.4. The molecule has 0 aromatic heterocycles. The van der Waals surface area contributed by atoms with Crippen molar-refractivity contribution < 1.29 is 9.84 Å². The molecule has 25 heavy (non-hydrogen) atoms. The number of para-hydroxylation sites is 3. The van der Waals surface area contributed by atoms with E-state index in [0.29, 0.717) is 41.8 Å². The quantitative estimate of drug-likeness (QED) is 0.430. The second kappa shape index (κ2) is 7.95. The van der Waals surface area contributed by atoms with Crippen LogP contribution >= 0.6 is 11.6 Å². The van der Waals surface area contributed by atoms with Gasteiger partial charge < -0.3 is 20.4 Å². The van der Waals surface area contributed by atoms with E-state index in [1.54, 1.807) is 18.2 Å². The summed E-state index contributed by atoms with van der Waals surface area (Å²) in [4.78, 5) is 4.16. The van der Waals surface area contributed by atoms with E-state index in [1.165, 1.54) is 6.34 Å². The first-order chi connectivity index (χ1) is 12.1. The summed E-state index contributed by atoms with van der Waals surface area (Å²) in [5.41, 5.74) is 1.36. The van der Waals surface area contributed by atoms with Crippen molar-refractivity contribution in [2.45, 2.75) is 6.10 Å². The Hall–Kier alpha value is -1.96. The van der Waals surface area contributed by atoms with Gasteiger partial charge in [-0.25, -0.2) is 0 Å². The lowest BCUT2D eigenvalue weighted by atomic mass is 10.2. The fraction of sp³-hybridized carbons (Fsp3) is 0.278. The van der Waals surface area contributed by atoms with Crippen molar-refractivity contribution in [1.82, 2.24) is 9.96 Å². The lowest BCUT2D eigenvalue weighted by Crippen LogP contribution is -2.46. The van der Waals surface area contributed by atoms with Crippen LogP contribution in [-0.2, 0) is 0 Å². The van der Waals surface area contributed by atoms with Gasteiger partial charge in [-0.3, -0.25) is 4.65 Å². The predicted octanol–water partition coefficient (Wildman–Crippen LogP) is 2.85. The molecule has 0 aliphatic carbocycles. The monoisotopic (exact) mass is 361 g/mol. The molecular weight excluding hydrogens is 342 g/mol. The smallest absolute Gasteiger partial charge is 0.195 e. The number of fused-ring (bicyclic) bond motifs is 1. The van der Waals surface area contributed by atoms with Gasteiger partial charge in [0.2, 0.25) is 0 Å². The number of aliphatic imine (C=N–C) groups is 1. The number of aliphatic hydroxyl groups is 1. The Morgan fingerprint density at radius 3 is 2.80 bits per heavy atom. The number of hydrogen-bond donors (Lipinski definition) is 2. The van der Waals surface area contributed by atoms with E-state index in [2.05, 4.69) is 10.3 Å². The zero-order valence-corrected chi connectivity index (χ0v) is 14.4. The molecule has 0 spiro atoms. The molecule has 0 saturated heterocycles. The summed E-state index contributed by atoms with van der Waals surface area (Å²) < 4.78 is 4.90. The highest BCUT2D eigenvalue weighted by atomic mass is 35.5. The van der Waals surface area contributed by atoms with Gasteiger partial charge in [-0.2, -0.15) is 4.99 Å². The molecule has 0 radical (unpaired) electrons. The molecule has 1 aliphatic rings. The first-order valence-electron chi connectivity index (χ1n) is 8.08. The van der Waals surface area contributed by atoms with Crippen molar-refractivity contribution in [3.05, 3.63) is 58.8 Å². The molecule has 2 atom stereocenters. The third-order valence-corrected chi connectivity index (χ3v) is 4.25. The maximum Gasteiger partial charge on any atom is 0.195 e. The fourth-order valence-electron chi connectivity index (χ4n) is 2.61. The number of halogens is 1. The van der Waals surface area contributed by atoms with Crippen LogP contribution in [0.2, 0.25) is 5.02 Å². The molecule has 0 bridgehead atoms. The SMILES string of the molecule is [O-][N+]1(CCNCC(O)COc2ccccc2Cl)C=Nc2ccccc21. The van der Waals surface area contributed by atoms with Crippen LogP contribution in [0.5, 0.6) is 5.75 Å². The van der Waals surface area contributed by atoms with Crippen LogP contribution in [0.25, 0.3) is 0 Å². The van der Waals surface area contributed by atoms with Gasteiger partial charge in [-0.05, 0) is 18.2 Å². The summed E-state index contributed by atoms with van der Waals surface area (Å²) in [7, 11) is 0. The summed E-state index contributed by atoms with van der Waals surface area (Å²) in [6.07, 6.45) is 0.708. The zero-order valence-electron chi connectivity index (χ0n) is 13.6. The highest BCUT2D eigenvalue weighted by Gasteiger charge is 2.26. The number of nitrogens with one attached hydrogen (secondary N) is 1. The van der Waals surface area contributed by atoms with Crippen molar-refractivity contribution >= 4 is 29.3 Å². The Labute approximate surface area is 151 Å². The lowest BCUT2D eigenvalue weighted by Gasteiger charge is -2.34. The molecule has 6 nitrogen and oxygen atoms in total. The molecule has 2 N–H and O–H groups in total. The predicted molar refractivity (Wildman–Crippen MR) is 100 cm³/mol. The second-order valence-corrected chi connectivity index (χ2v) is 6.26. The van der Waals surface area contributed by atoms with Gasteiger partial charge in [0.1, 0.15) is 30.7 Å². The van der Waals surface area contributed by atoms with Crippen LogP contribution in [0.1, 0.15) is 0 Å². The number of rotatable bonds is 8. The highest BCUT2D eigenvalue weighted by molar-refractivity contribution is 6.32. The van der Waals surface area contributed by atoms with E-state index in [0.717, 1.165) is 0 Å². The topological polar surface area (TPSA) is 76.9 Å². The van der Waals surface area contributed by atoms with Crippen LogP contribution < -0.4 is 14.7 Å². The first kappa shape index (κ1) is 17.8. The highest BCUT2D eigenvalue weighted by Crippen LogP contribution is 2.36. The van der Waals surface area contributed by atoms with Gasteiger partial charge in [0.25, 0.3) is 0 Å². The van der Waals surface area contributed by atoms with Crippen molar-refractivity contribution in [2.24, 2.45) is 4.99 Å². The molecule has 2 unspecified atom stereocenters. The molecule has 0 saturated carbocycles. The fourth-order valence-corrected chi connectivity index (χ4v) is 2.80. The minimum atomic E-state index is -0.698. The normalized spacial score (nSPS) is 19.6. The van der Waals surface area contributed by atoms with Crippen molar-refractivity contribution in [3.63, 3.8) is 0 Å². The summed E-state index contributed by atoms with van der Waals surface area (Å²) >= 11 is 5.99. The van der Waals surface area contributed by atoms with E-state index in [-0.39, 0.29) is 6.61 Å². The van der Waals surface area contributed by atoms with Crippen LogP contribution in [-0.4, -0.2) is 43.8 Å². The summed E-state index contributed by atoms with van der Waals surface area (Å²) in [5, 5.41) is 26.3. The number of nitrogens with zero attached hydrogens (tertiary/aromatic N) is 2. The third kappa shape index (κ3) is 4.36. The molecule has 3 rings (SSSR count). The van der Waals surface area contributed by atoms with E-state index in [9.17, 15) is 10.3 Å². The number of quaternary nitrogens is 1. The molecule has 0 amide bonds. The van der Waals surface area contributed by atoms with E-state index in [4.69, 9.17) is 16.3 Å². The van der Waals surface area contributed by atoms with Crippen molar-refractivity contribution in [3.8, 4) is 5.75 Å². The molecule has 2 aromatic rings. The maximum absolute atomic E-state index is 12.8. The Kier molecular flexibility index (Phi) is 5.67. The average molecular weight is 362 g/mol. The third-order valence-electron chi connectivity index (χ3n) is 3.94. The average Bonchev–Trinajstić information content (AvgIpc) is 2.96. The van der Waals surface area contributed by atoms with E-state index >= 15 is 0 Å². The largest absolute Gasteiger partial charge is 0.621 e. The van der Waals surface area contributed by atoms with Crippen LogP contribution in [0, 0.1) is 5.21 Å². The van der Waals surface area contributed by atoms with Gasteiger partial charge >= 0.3 is 0 Å². The number of aliphatic hydroxyl groups excluding tert-OH is 1. The van der Waals surface area contributed by atoms with E-state index < -0.39 is 10.8 Å². The lowest BCUT2D eigenvalue weighted by molar-refractivity contribution is 0.106. The molecule has 1 heterocycles. The van der Waals surface area contributed by atoms with Gasteiger partial charge in [0, 0.05) is 19.2 Å². The molecule has 0 fully saturated rings. The number of ether oxygens (including phenoxy) is 1. The van der Waals surface area contributed by atoms with Crippen molar-refractivity contribution in [2.75, 3.05) is 26.2 Å². The number of benzene rings is 2. The van der Waals surface area contributed by atoms with Gasteiger partial charge in [0.05, 0.1) is 5.02 Å². The Bertz CT molecular complexity index is 756. The van der Waals surface area contributed by atoms with Crippen LogP contribution in [0.3, 0.4) is 0 Å². The minimum Gasteiger partial charge on any atom is -0.621 e. The first-order valence-corrected chi connectivity index (χ1v) is 8.46. The van der Waals surface area contributed by atoms with E-state index in [1.807, 2.05) is 30.3 Å². The van der Waals surface area contributed by atoms with Crippen molar-refractivity contribution in [1.29, 1.82) is 0 Å². The number of hydroxylamine groups is 2. The molecule has 132 valence electrons. The maximum atomic E-state index is 12.8. The standard InChI is InChI=1S/C18H20ClN3O3/c19-15-5-1-4-8-18(15)25-12-14(23)11-20-9-10-22(24)13-21-16-6-2-3-7-17(16)22/h1-8,13-14,20,23H,9-12H2. The molecule has 1 aliphatic heterocycles.